The molecule has 0 saturated carbocycles. The minimum atomic E-state index is -3.35. The monoisotopic (exact) mass is 384 g/mol. The Hall–Kier alpha value is -2.42. The number of hydrogen-bond acceptors (Lipinski definition) is 6. The second-order valence-electron chi connectivity index (χ2n) is 5.69. The van der Waals surface area contributed by atoms with Gasteiger partial charge in [-0.1, -0.05) is 0 Å². The fourth-order valence-corrected chi connectivity index (χ4v) is 2.76. The first-order chi connectivity index (χ1) is 12.1. The molecule has 0 radical (unpaired) electrons. The van der Waals surface area contributed by atoms with E-state index in [4.69, 9.17) is 4.74 Å². The highest BCUT2D eigenvalue weighted by Crippen LogP contribution is 2.11. The highest BCUT2D eigenvalue weighted by molar-refractivity contribution is 7.90. The van der Waals surface area contributed by atoms with Crippen molar-refractivity contribution in [2.24, 2.45) is 0 Å². The van der Waals surface area contributed by atoms with Crippen molar-refractivity contribution >= 4 is 27.6 Å². The van der Waals surface area contributed by atoms with Crippen LogP contribution in [0.2, 0.25) is 0 Å². The molecule has 1 aromatic rings. The Morgan fingerprint density at radius 1 is 1.00 bits per heavy atom. The van der Waals surface area contributed by atoms with Gasteiger partial charge in [-0.25, -0.2) is 13.2 Å². The van der Waals surface area contributed by atoms with E-state index in [2.05, 4.69) is 0 Å². The van der Waals surface area contributed by atoms with Gasteiger partial charge in [0.05, 0.1) is 17.0 Å². The Bertz CT molecular complexity index is 754. The van der Waals surface area contributed by atoms with Gasteiger partial charge in [0.1, 0.15) is 0 Å². The number of carbonyl (C=O) groups is 3. The van der Waals surface area contributed by atoms with Gasteiger partial charge in [0.25, 0.3) is 5.91 Å². The van der Waals surface area contributed by atoms with E-state index >= 15 is 0 Å². The lowest BCUT2D eigenvalue weighted by Gasteiger charge is -2.23. The Morgan fingerprint density at radius 2 is 1.54 bits per heavy atom. The van der Waals surface area contributed by atoms with Gasteiger partial charge in [-0.3, -0.25) is 9.59 Å². The molecule has 1 aromatic carbocycles. The molecule has 0 N–H and O–H groups in total. The van der Waals surface area contributed by atoms with E-state index in [9.17, 15) is 22.8 Å². The summed E-state index contributed by atoms with van der Waals surface area (Å²) in [5.74, 6) is -1.44. The molecule has 0 aliphatic carbocycles. The van der Waals surface area contributed by atoms with Gasteiger partial charge in [0, 0.05) is 26.4 Å². The molecule has 8 nitrogen and oxygen atoms in total. The van der Waals surface area contributed by atoms with Crippen molar-refractivity contribution in [1.29, 1.82) is 0 Å². The number of rotatable bonds is 8. The third kappa shape index (κ3) is 6.14. The first kappa shape index (κ1) is 21.6. The average molecular weight is 384 g/mol. The van der Waals surface area contributed by atoms with Crippen molar-refractivity contribution in [3.63, 3.8) is 0 Å². The van der Waals surface area contributed by atoms with Gasteiger partial charge in [-0.2, -0.15) is 0 Å². The molecule has 0 atom stereocenters. The molecule has 0 saturated heterocycles. The van der Waals surface area contributed by atoms with Gasteiger partial charge < -0.3 is 14.5 Å². The molecule has 144 valence electrons. The van der Waals surface area contributed by atoms with Crippen molar-refractivity contribution < 1.29 is 27.5 Å². The minimum Gasteiger partial charge on any atom is -0.452 e. The summed E-state index contributed by atoms with van der Waals surface area (Å²) in [6, 6.07) is 5.22. The van der Waals surface area contributed by atoms with E-state index in [1.807, 2.05) is 13.8 Å². The lowest BCUT2D eigenvalue weighted by Crippen LogP contribution is -2.42. The number of sulfone groups is 1. The Morgan fingerprint density at radius 3 is 2.00 bits per heavy atom. The third-order valence-electron chi connectivity index (χ3n) is 3.76. The molecule has 0 aromatic heterocycles. The summed E-state index contributed by atoms with van der Waals surface area (Å²) < 4.78 is 27.7. The zero-order valence-electron chi connectivity index (χ0n) is 15.4. The van der Waals surface area contributed by atoms with Crippen LogP contribution < -0.4 is 0 Å². The van der Waals surface area contributed by atoms with E-state index in [0.717, 1.165) is 6.26 Å². The Labute approximate surface area is 153 Å². The Balaban J connectivity index is 2.58. The van der Waals surface area contributed by atoms with Crippen molar-refractivity contribution in [2.75, 3.05) is 39.5 Å². The van der Waals surface area contributed by atoms with Crippen LogP contribution in [0, 0.1) is 0 Å². The maximum Gasteiger partial charge on any atom is 0.338 e. The predicted octanol–water partition coefficient (Wildman–Crippen LogP) is 0.574. The highest BCUT2D eigenvalue weighted by Gasteiger charge is 2.18. The van der Waals surface area contributed by atoms with Crippen molar-refractivity contribution in [3.8, 4) is 0 Å². The smallest absolute Gasteiger partial charge is 0.338 e. The van der Waals surface area contributed by atoms with Crippen LogP contribution in [-0.4, -0.2) is 75.5 Å². The summed E-state index contributed by atoms with van der Waals surface area (Å²) >= 11 is 0. The molecule has 0 bridgehead atoms. The molecule has 9 heteroatoms. The molecular formula is C17H24N2O6S. The van der Waals surface area contributed by atoms with Crippen LogP contribution in [0.5, 0.6) is 0 Å². The fraction of sp³-hybridized carbons (Fsp3) is 0.471. The SMILES string of the molecule is CCN(CC)C(=O)CN(C)C(=O)COC(=O)c1ccc(S(C)(=O)=O)cc1. The molecule has 0 unspecified atom stereocenters. The zero-order chi connectivity index (χ0) is 19.9. The molecule has 0 aliphatic rings. The van der Waals surface area contributed by atoms with Gasteiger partial charge in [-0.05, 0) is 38.1 Å². The predicted molar refractivity (Wildman–Crippen MR) is 95.4 cm³/mol. The summed E-state index contributed by atoms with van der Waals surface area (Å²) in [5.41, 5.74) is 0.132. The number of likely N-dealkylation sites (N-methyl/N-ethyl adjacent to an activating group) is 2. The van der Waals surface area contributed by atoms with Crippen LogP contribution in [0.25, 0.3) is 0 Å². The first-order valence-electron chi connectivity index (χ1n) is 8.09. The van der Waals surface area contributed by atoms with Crippen LogP contribution in [0.1, 0.15) is 24.2 Å². The fourth-order valence-electron chi connectivity index (χ4n) is 2.13. The van der Waals surface area contributed by atoms with Gasteiger partial charge in [0.2, 0.25) is 5.91 Å². The summed E-state index contributed by atoms with van der Waals surface area (Å²) in [5, 5.41) is 0. The van der Waals surface area contributed by atoms with Gasteiger partial charge in [0.15, 0.2) is 16.4 Å². The quantitative estimate of drug-likeness (QED) is 0.608. The van der Waals surface area contributed by atoms with E-state index in [1.165, 1.54) is 36.2 Å². The number of ether oxygens (including phenoxy) is 1. The Kier molecular flexibility index (Phi) is 7.76. The van der Waals surface area contributed by atoms with Crippen molar-refractivity contribution in [2.45, 2.75) is 18.7 Å². The van der Waals surface area contributed by atoms with Crippen molar-refractivity contribution in [1.82, 2.24) is 9.80 Å². The maximum atomic E-state index is 12.0. The largest absolute Gasteiger partial charge is 0.452 e. The minimum absolute atomic E-state index is 0.0831. The molecular weight excluding hydrogens is 360 g/mol. The number of nitrogens with zero attached hydrogens (tertiary/aromatic N) is 2. The molecule has 0 spiro atoms. The topological polar surface area (TPSA) is 101 Å². The first-order valence-corrected chi connectivity index (χ1v) is 9.98. The van der Waals surface area contributed by atoms with Gasteiger partial charge in [-0.15, -0.1) is 0 Å². The number of amides is 2. The normalized spacial score (nSPS) is 10.9. The number of carbonyl (C=O) groups excluding carboxylic acids is 3. The van der Waals surface area contributed by atoms with Crippen LogP contribution in [0.4, 0.5) is 0 Å². The molecule has 0 fully saturated rings. The van der Waals surface area contributed by atoms with Crippen LogP contribution in [0.15, 0.2) is 29.2 Å². The number of benzene rings is 1. The van der Waals surface area contributed by atoms with E-state index in [-0.39, 0.29) is 22.9 Å². The molecule has 1 rings (SSSR count). The van der Waals surface area contributed by atoms with Crippen molar-refractivity contribution in [3.05, 3.63) is 29.8 Å². The highest BCUT2D eigenvalue weighted by atomic mass is 32.2. The van der Waals surface area contributed by atoms with E-state index in [1.54, 1.807) is 4.90 Å². The second kappa shape index (κ2) is 9.33. The summed E-state index contributed by atoms with van der Waals surface area (Å²) in [6.07, 6.45) is 1.06. The lowest BCUT2D eigenvalue weighted by atomic mass is 10.2. The van der Waals surface area contributed by atoms with Crippen LogP contribution in [-0.2, 0) is 24.2 Å². The molecule has 0 heterocycles. The summed E-state index contributed by atoms with van der Waals surface area (Å²) in [6.45, 7) is 4.20. The van der Waals surface area contributed by atoms with Gasteiger partial charge >= 0.3 is 5.97 Å². The second-order valence-corrected chi connectivity index (χ2v) is 7.70. The lowest BCUT2D eigenvalue weighted by molar-refractivity contribution is -0.140. The number of hydrogen-bond donors (Lipinski definition) is 0. The average Bonchev–Trinajstić information content (AvgIpc) is 2.59. The molecule has 26 heavy (non-hydrogen) atoms. The zero-order valence-corrected chi connectivity index (χ0v) is 16.2. The van der Waals surface area contributed by atoms with E-state index < -0.39 is 28.3 Å². The van der Waals surface area contributed by atoms with Crippen LogP contribution >= 0.6 is 0 Å². The van der Waals surface area contributed by atoms with Crippen LogP contribution in [0.3, 0.4) is 0 Å². The standard InChI is InChI=1S/C17H24N2O6S/c1-5-19(6-2)15(20)11-18(3)16(21)12-25-17(22)13-7-9-14(10-8-13)26(4,23)24/h7-10H,5-6,11-12H2,1-4H3. The third-order valence-corrected chi connectivity index (χ3v) is 4.89. The summed E-state index contributed by atoms with van der Waals surface area (Å²) in [4.78, 5) is 38.8. The molecule has 2 amide bonds. The number of esters is 1. The molecule has 0 aliphatic heterocycles. The maximum absolute atomic E-state index is 12.0. The van der Waals surface area contributed by atoms with E-state index in [0.29, 0.717) is 13.1 Å². The summed E-state index contributed by atoms with van der Waals surface area (Å²) in [7, 11) is -1.90.